The van der Waals surface area contributed by atoms with Crippen LogP contribution in [0.25, 0.3) is 0 Å². The van der Waals surface area contributed by atoms with Gasteiger partial charge in [-0.1, -0.05) is 19.6 Å². The molecule has 3 rings (SSSR count). The van der Waals surface area contributed by atoms with Crippen molar-refractivity contribution >= 4 is 11.9 Å². The maximum absolute atomic E-state index is 11.4. The Bertz CT molecular complexity index is 540. The molecular weight excluding hydrogens is 304 g/mol. The minimum Gasteiger partial charge on any atom is -0.463 e. The molecule has 0 amide bonds. The largest absolute Gasteiger partial charge is 0.463 e. The highest BCUT2D eigenvalue weighted by Gasteiger charge is 2.67. The molecule has 0 aromatic heterocycles. The fourth-order valence-electron chi connectivity index (χ4n) is 6.26. The molecule has 3 aliphatic rings. The second kappa shape index (κ2) is 6.73. The van der Waals surface area contributed by atoms with Gasteiger partial charge >= 0.3 is 11.9 Å². The first-order chi connectivity index (χ1) is 11.6. The molecule has 2 bridgehead atoms. The first kappa shape index (κ1) is 17.2. The Labute approximate surface area is 144 Å². The van der Waals surface area contributed by atoms with Crippen LogP contribution >= 0.6 is 0 Å². The zero-order valence-electron chi connectivity index (χ0n) is 14.4. The Kier molecular flexibility index (Phi) is 4.84. The highest BCUT2D eigenvalue weighted by molar-refractivity contribution is 5.81. The molecule has 0 aromatic rings. The molecule has 4 nitrogen and oxygen atoms in total. The Morgan fingerprint density at radius 3 is 2.33 bits per heavy atom. The maximum atomic E-state index is 11.4. The molecule has 4 heteroatoms. The third-order valence-electron chi connectivity index (χ3n) is 7.07. The highest BCUT2D eigenvalue weighted by Crippen LogP contribution is 2.75. The molecule has 0 aromatic carbocycles. The lowest BCUT2D eigenvalue weighted by Gasteiger charge is -2.48. The summed E-state index contributed by atoms with van der Waals surface area (Å²) in [7, 11) is 0. The molecule has 4 atom stereocenters. The summed E-state index contributed by atoms with van der Waals surface area (Å²) in [5.41, 5.74) is 0.513. The molecule has 24 heavy (non-hydrogen) atoms. The molecule has 0 heterocycles. The molecule has 0 saturated heterocycles. The Morgan fingerprint density at radius 1 is 1.00 bits per heavy atom. The standard InChI is InChI=1S/C20H28O4/c1-3-17(21)23-12-10-19-9-7-15(14-19)16-6-5-8-20(16,19)11-13-24-18(22)4-2/h3-4,15-16H,1-2,5-14H2. The van der Waals surface area contributed by atoms with E-state index in [0.29, 0.717) is 13.2 Å². The maximum Gasteiger partial charge on any atom is 0.330 e. The Morgan fingerprint density at radius 2 is 1.67 bits per heavy atom. The van der Waals surface area contributed by atoms with Crippen LogP contribution in [0, 0.1) is 22.7 Å². The first-order valence-corrected chi connectivity index (χ1v) is 9.15. The van der Waals surface area contributed by atoms with Crippen LogP contribution in [0.1, 0.15) is 51.4 Å². The number of hydrogen-bond donors (Lipinski definition) is 0. The smallest absolute Gasteiger partial charge is 0.330 e. The molecule has 132 valence electrons. The van der Waals surface area contributed by atoms with E-state index >= 15 is 0 Å². The van der Waals surface area contributed by atoms with Gasteiger partial charge in [0, 0.05) is 12.2 Å². The van der Waals surface area contributed by atoms with E-state index in [1.54, 1.807) is 0 Å². The molecule has 0 spiro atoms. The summed E-state index contributed by atoms with van der Waals surface area (Å²) in [5.74, 6) is 0.885. The van der Waals surface area contributed by atoms with Gasteiger partial charge in [0.05, 0.1) is 13.2 Å². The fourth-order valence-corrected chi connectivity index (χ4v) is 6.26. The van der Waals surface area contributed by atoms with Gasteiger partial charge in [-0.15, -0.1) is 0 Å². The number of hydrogen-bond acceptors (Lipinski definition) is 4. The van der Waals surface area contributed by atoms with Gasteiger partial charge in [-0.2, -0.15) is 0 Å². The topological polar surface area (TPSA) is 52.6 Å². The van der Waals surface area contributed by atoms with Gasteiger partial charge in [0.15, 0.2) is 0 Å². The molecule has 0 radical (unpaired) electrons. The lowest BCUT2D eigenvalue weighted by molar-refractivity contribution is -0.142. The summed E-state index contributed by atoms with van der Waals surface area (Å²) < 4.78 is 10.6. The summed E-state index contributed by atoms with van der Waals surface area (Å²) in [6.45, 7) is 7.86. The highest BCUT2D eigenvalue weighted by atomic mass is 16.5. The number of carbonyl (C=O) groups excluding carboxylic acids is 2. The van der Waals surface area contributed by atoms with Gasteiger partial charge in [0.25, 0.3) is 0 Å². The number of fused-ring (bicyclic) bond motifs is 5. The van der Waals surface area contributed by atoms with Crippen molar-refractivity contribution in [3.8, 4) is 0 Å². The molecule has 0 aliphatic heterocycles. The van der Waals surface area contributed by atoms with Crippen molar-refractivity contribution in [1.29, 1.82) is 0 Å². The summed E-state index contributed by atoms with van der Waals surface area (Å²) in [5, 5.41) is 0. The average Bonchev–Trinajstić information content (AvgIpc) is 3.25. The van der Waals surface area contributed by atoms with E-state index in [1.807, 2.05) is 0 Å². The van der Waals surface area contributed by atoms with Crippen LogP contribution in [0.5, 0.6) is 0 Å². The normalized spacial score (nSPS) is 36.2. The predicted octanol–water partition coefficient (Wildman–Crippen LogP) is 3.81. The van der Waals surface area contributed by atoms with Crippen molar-refractivity contribution in [3.63, 3.8) is 0 Å². The van der Waals surface area contributed by atoms with Crippen molar-refractivity contribution in [1.82, 2.24) is 0 Å². The molecule has 3 saturated carbocycles. The third kappa shape index (κ3) is 2.70. The fraction of sp³-hybridized carbons (Fsp3) is 0.700. The molecule has 3 fully saturated rings. The summed E-state index contributed by atoms with van der Waals surface area (Å²) in [6, 6.07) is 0. The number of ether oxygens (including phenoxy) is 2. The number of carbonyl (C=O) groups is 2. The monoisotopic (exact) mass is 332 g/mol. The molecule has 0 N–H and O–H groups in total. The van der Waals surface area contributed by atoms with Crippen molar-refractivity contribution in [2.45, 2.75) is 51.4 Å². The zero-order valence-corrected chi connectivity index (χ0v) is 14.4. The second-order valence-electron chi connectivity index (χ2n) is 7.68. The van der Waals surface area contributed by atoms with E-state index in [0.717, 1.165) is 24.7 Å². The third-order valence-corrected chi connectivity index (χ3v) is 7.07. The van der Waals surface area contributed by atoms with Gasteiger partial charge in [-0.3, -0.25) is 0 Å². The van der Waals surface area contributed by atoms with Crippen molar-refractivity contribution in [2.75, 3.05) is 13.2 Å². The number of esters is 2. The van der Waals surface area contributed by atoms with E-state index in [9.17, 15) is 9.59 Å². The van der Waals surface area contributed by atoms with Crippen LogP contribution in [0.2, 0.25) is 0 Å². The SMILES string of the molecule is C=CC(=O)OCCC12CCC(C1)C1CCCC12CCOC(=O)C=C. The summed E-state index contributed by atoms with van der Waals surface area (Å²) >= 11 is 0. The van der Waals surface area contributed by atoms with Crippen LogP contribution in [0.4, 0.5) is 0 Å². The minimum absolute atomic E-state index is 0.251. The van der Waals surface area contributed by atoms with Crippen molar-refractivity contribution < 1.29 is 19.1 Å². The van der Waals surface area contributed by atoms with Gasteiger partial charge in [-0.25, -0.2) is 9.59 Å². The minimum atomic E-state index is -0.337. The summed E-state index contributed by atoms with van der Waals surface area (Å²) in [4.78, 5) is 22.8. The molecule has 3 aliphatic carbocycles. The van der Waals surface area contributed by atoms with Crippen LogP contribution < -0.4 is 0 Å². The van der Waals surface area contributed by atoms with E-state index in [4.69, 9.17) is 9.47 Å². The Hall–Kier alpha value is -1.58. The van der Waals surface area contributed by atoms with Crippen LogP contribution in [0.15, 0.2) is 25.3 Å². The van der Waals surface area contributed by atoms with Gasteiger partial charge < -0.3 is 9.47 Å². The lowest BCUT2D eigenvalue weighted by Crippen LogP contribution is -2.42. The van der Waals surface area contributed by atoms with Crippen molar-refractivity contribution in [2.24, 2.45) is 22.7 Å². The van der Waals surface area contributed by atoms with Crippen LogP contribution in [0.3, 0.4) is 0 Å². The summed E-state index contributed by atoms with van der Waals surface area (Å²) in [6.07, 6.45) is 11.9. The first-order valence-electron chi connectivity index (χ1n) is 9.15. The molecule has 4 unspecified atom stereocenters. The van der Waals surface area contributed by atoms with Crippen LogP contribution in [-0.4, -0.2) is 25.2 Å². The van der Waals surface area contributed by atoms with Gasteiger partial charge in [0.2, 0.25) is 0 Å². The van der Waals surface area contributed by atoms with Crippen molar-refractivity contribution in [3.05, 3.63) is 25.3 Å². The second-order valence-corrected chi connectivity index (χ2v) is 7.68. The lowest BCUT2D eigenvalue weighted by atomic mass is 9.56. The van der Waals surface area contributed by atoms with E-state index in [-0.39, 0.29) is 22.8 Å². The predicted molar refractivity (Wildman–Crippen MR) is 91.1 cm³/mol. The van der Waals surface area contributed by atoms with Gasteiger partial charge in [0.1, 0.15) is 0 Å². The van der Waals surface area contributed by atoms with Gasteiger partial charge in [-0.05, 0) is 67.6 Å². The van der Waals surface area contributed by atoms with E-state index < -0.39 is 0 Å². The van der Waals surface area contributed by atoms with Crippen LogP contribution in [-0.2, 0) is 19.1 Å². The van der Waals surface area contributed by atoms with E-state index in [1.165, 1.54) is 50.7 Å². The van der Waals surface area contributed by atoms with E-state index in [2.05, 4.69) is 13.2 Å². The number of rotatable bonds is 8. The molecular formula is C20H28O4. The Balaban J connectivity index is 1.70. The zero-order chi connectivity index (χ0) is 17.2. The quantitative estimate of drug-likeness (QED) is 0.501. The average molecular weight is 332 g/mol.